The molecule has 28 heavy (non-hydrogen) atoms. The van der Waals surface area contributed by atoms with Crippen molar-refractivity contribution in [3.05, 3.63) is 53.2 Å². The second-order valence-corrected chi connectivity index (χ2v) is 7.64. The van der Waals surface area contributed by atoms with E-state index in [0.29, 0.717) is 12.2 Å². The van der Waals surface area contributed by atoms with Crippen molar-refractivity contribution in [1.82, 2.24) is 19.4 Å². The standard InChI is InChI=1S/C21H25N5O2/c1-13-5-6-17-16(10-13)14(2)19(24-17)21(28)26-8-3-4-15(11-26)20-23-7-9-25(20)12-18(22)27/h5-7,9-10,15,24H,3-4,8,11-12H2,1-2H3,(H2,22,27)/t15-/m1/s1. The number of rotatable bonds is 4. The Morgan fingerprint density at radius 2 is 2.14 bits per heavy atom. The topological polar surface area (TPSA) is 97.0 Å². The third-order valence-electron chi connectivity index (χ3n) is 5.58. The summed E-state index contributed by atoms with van der Waals surface area (Å²) in [6.07, 6.45) is 5.29. The Kier molecular flexibility index (Phi) is 4.66. The van der Waals surface area contributed by atoms with Crippen LogP contribution in [-0.2, 0) is 11.3 Å². The van der Waals surface area contributed by atoms with Crippen LogP contribution in [0.25, 0.3) is 10.9 Å². The van der Waals surface area contributed by atoms with Gasteiger partial charge in [0.25, 0.3) is 5.91 Å². The number of aryl methyl sites for hydroxylation is 2. The molecule has 4 rings (SSSR count). The minimum absolute atomic E-state index is 0.0176. The average Bonchev–Trinajstić information content (AvgIpc) is 3.25. The fourth-order valence-corrected chi connectivity index (χ4v) is 4.17. The van der Waals surface area contributed by atoms with E-state index in [0.717, 1.165) is 41.7 Å². The molecule has 3 heterocycles. The molecule has 3 aromatic rings. The summed E-state index contributed by atoms with van der Waals surface area (Å²) in [6, 6.07) is 6.17. The van der Waals surface area contributed by atoms with Gasteiger partial charge in [-0.15, -0.1) is 0 Å². The zero-order chi connectivity index (χ0) is 19.8. The molecule has 0 saturated carbocycles. The third-order valence-corrected chi connectivity index (χ3v) is 5.58. The molecule has 1 fully saturated rings. The van der Waals surface area contributed by atoms with Gasteiger partial charge in [0.15, 0.2) is 0 Å². The number of aromatic nitrogens is 3. The largest absolute Gasteiger partial charge is 0.368 e. The van der Waals surface area contributed by atoms with Gasteiger partial charge in [-0.05, 0) is 44.4 Å². The van der Waals surface area contributed by atoms with Crippen LogP contribution in [0.2, 0.25) is 0 Å². The van der Waals surface area contributed by atoms with Crippen molar-refractivity contribution in [1.29, 1.82) is 0 Å². The van der Waals surface area contributed by atoms with Crippen molar-refractivity contribution >= 4 is 22.7 Å². The second-order valence-electron chi connectivity index (χ2n) is 7.64. The molecule has 1 saturated heterocycles. The summed E-state index contributed by atoms with van der Waals surface area (Å²) < 4.78 is 1.79. The minimum atomic E-state index is -0.396. The predicted octanol–water partition coefficient (Wildman–Crippen LogP) is 2.49. The van der Waals surface area contributed by atoms with E-state index < -0.39 is 5.91 Å². The van der Waals surface area contributed by atoms with Gasteiger partial charge in [0.2, 0.25) is 5.91 Å². The van der Waals surface area contributed by atoms with Crippen LogP contribution in [0.1, 0.15) is 46.2 Å². The number of primary amides is 1. The number of H-pyrrole nitrogens is 1. The molecule has 1 aromatic carbocycles. The first kappa shape index (κ1) is 18.3. The smallest absolute Gasteiger partial charge is 0.270 e. The zero-order valence-electron chi connectivity index (χ0n) is 16.2. The lowest BCUT2D eigenvalue weighted by Gasteiger charge is -2.32. The Morgan fingerprint density at radius 1 is 1.32 bits per heavy atom. The van der Waals surface area contributed by atoms with Crippen LogP contribution in [0.15, 0.2) is 30.6 Å². The highest BCUT2D eigenvalue weighted by molar-refractivity contribution is 6.01. The van der Waals surface area contributed by atoms with Crippen molar-refractivity contribution in [2.24, 2.45) is 5.73 Å². The normalized spacial score (nSPS) is 17.2. The summed E-state index contributed by atoms with van der Waals surface area (Å²) in [5.41, 5.74) is 9.14. The number of imidazole rings is 1. The lowest BCUT2D eigenvalue weighted by Crippen LogP contribution is -2.40. The molecule has 1 aliphatic heterocycles. The van der Waals surface area contributed by atoms with E-state index in [4.69, 9.17) is 5.73 Å². The maximum Gasteiger partial charge on any atom is 0.270 e. The fourth-order valence-electron chi connectivity index (χ4n) is 4.17. The highest BCUT2D eigenvalue weighted by Gasteiger charge is 2.29. The first-order valence-corrected chi connectivity index (χ1v) is 9.61. The van der Waals surface area contributed by atoms with Crippen LogP contribution in [0.5, 0.6) is 0 Å². The van der Waals surface area contributed by atoms with Crippen LogP contribution < -0.4 is 5.73 Å². The van der Waals surface area contributed by atoms with Gasteiger partial charge in [0.1, 0.15) is 18.1 Å². The van der Waals surface area contributed by atoms with Crippen molar-refractivity contribution in [2.75, 3.05) is 13.1 Å². The second kappa shape index (κ2) is 7.14. The van der Waals surface area contributed by atoms with E-state index in [1.807, 2.05) is 24.0 Å². The summed E-state index contributed by atoms with van der Waals surface area (Å²) in [6.45, 7) is 5.46. The first-order chi connectivity index (χ1) is 13.4. The number of piperidine rings is 1. The van der Waals surface area contributed by atoms with E-state index >= 15 is 0 Å². The number of likely N-dealkylation sites (tertiary alicyclic amines) is 1. The fraction of sp³-hybridized carbons (Fsp3) is 0.381. The number of nitrogens with zero attached hydrogens (tertiary/aromatic N) is 3. The van der Waals surface area contributed by atoms with Gasteiger partial charge in [-0.1, -0.05) is 11.6 Å². The van der Waals surface area contributed by atoms with Crippen LogP contribution >= 0.6 is 0 Å². The van der Waals surface area contributed by atoms with E-state index in [2.05, 4.69) is 23.0 Å². The maximum atomic E-state index is 13.2. The highest BCUT2D eigenvalue weighted by atomic mass is 16.2. The summed E-state index contributed by atoms with van der Waals surface area (Å²) in [5, 5.41) is 1.09. The molecule has 0 bridgehead atoms. The van der Waals surface area contributed by atoms with Crippen LogP contribution in [0.3, 0.4) is 0 Å². The number of fused-ring (bicyclic) bond motifs is 1. The number of nitrogens with one attached hydrogen (secondary N) is 1. The summed E-state index contributed by atoms with van der Waals surface area (Å²) in [5.74, 6) is 0.537. The molecular formula is C21H25N5O2. The van der Waals surface area contributed by atoms with Gasteiger partial charge < -0.3 is 20.2 Å². The molecule has 2 aromatic heterocycles. The number of amides is 2. The van der Waals surface area contributed by atoms with Crippen LogP contribution in [0.4, 0.5) is 0 Å². The Bertz CT molecular complexity index is 1050. The van der Waals surface area contributed by atoms with Crippen LogP contribution in [0, 0.1) is 13.8 Å². The molecule has 1 aliphatic rings. The van der Waals surface area contributed by atoms with Crippen molar-refractivity contribution in [2.45, 2.75) is 39.2 Å². The SMILES string of the molecule is Cc1ccc2[nH]c(C(=O)N3CCC[C@@H](c4nccn4CC(N)=O)C3)c(C)c2c1. The number of carbonyl (C=O) groups excluding carboxylic acids is 2. The number of hydrogen-bond acceptors (Lipinski definition) is 3. The molecule has 2 amide bonds. The number of benzene rings is 1. The minimum Gasteiger partial charge on any atom is -0.368 e. The quantitative estimate of drug-likeness (QED) is 0.729. The predicted molar refractivity (Wildman–Crippen MR) is 107 cm³/mol. The van der Waals surface area contributed by atoms with Crippen molar-refractivity contribution in [3.63, 3.8) is 0 Å². The van der Waals surface area contributed by atoms with Gasteiger partial charge in [0, 0.05) is 42.3 Å². The number of carbonyl (C=O) groups is 2. The van der Waals surface area contributed by atoms with E-state index in [1.54, 1.807) is 17.0 Å². The number of aromatic amines is 1. The molecule has 0 unspecified atom stereocenters. The Morgan fingerprint density at radius 3 is 2.93 bits per heavy atom. The van der Waals surface area contributed by atoms with E-state index in [1.165, 1.54) is 5.56 Å². The number of hydrogen-bond donors (Lipinski definition) is 2. The Hall–Kier alpha value is -3.09. The third kappa shape index (κ3) is 3.28. The highest BCUT2D eigenvalue weighted by Crippen LogP contribution is 2.29. The molecule has 3 N–H and O–H groups in total. The van der Waals surface area contributed by atoms with Gasteiger partial charge in [0.05, 0.1) is 0 Å². The van der Waals surface area contributed by atoms with Crippen molar-refractivity contribution in [3.8, 4) is 0 Å². The molecule has 0 aliphatic carbocycles. The molecule has 7 nitrogen and oxygen atoms in total. The van der Waals surface area contributed by atoms with Gasteiger partial charge in [-0.3, -0.25) is 9.59 Å². The molecule has 7 heteroatoms. The molecule has 146 valence electrons. The van der Waals surface area contributed by atoms with Crippen LogP contribution in [-0.4, -0.2) is 44.3 Å². The van der Waals surface area contributed by atoms with E-state index in [-0.39, 0.29) is 18.4 Å². The van der Waals surface area contributed by atoms with Gasteiger partial charge in [-0.2, -0.15) is 0 Å². The summed E-state index contributed by atoms with van der Waals surface area (Å²) >= 11 is 0. The molecule has 0 spiro atoms. The lowest BCUT2D eigenvalue weighted by atomic mass is 9.96. The maximum absolute atomic E-state index is 13.2. The lowest BCUT2D eigenvalue weighted by molar-refractivity contribution is -0.118. The Labute approximate surface area is 163 Å². The van der Waals surface area contributed by atoms with E-state index in [9.17, 15) is 9.59 Å². The molecule has 1 atom stereocenters. The Balaban J connectivity index is 1.58. The zero-order valence-corrected chi connectivity index (χ0v) is 16.2. The monoisotopic (exact) mass is 379 g/mol. The van der Waals surface area contributed by atoms with Gasteiger partial charge >= 0.3 is 0 Å². The first-order valence-electron chi connectivity index (χ1n) is 9.61. The average molecular weight is 379 g/mol. The summed E-state index contributed by atoms with van der Waals surface area (Å²) in [4.78, 5) is 34.2. The van der Waals surface area contributed by atoms with Crippen molar-refractivity contribution < 1.29 is 9.59 Å². The summed E-state index contributed by atoms with van der Waals surface area (Å²) in [7, 11) is 0. The van der Waals surface area contributed by atoms with Gasteiger partial charge in [-0.25, -0.2) is 4.98 Å². The molecule has 0 radical (unpaired) electrons. The number of nitrogens with two attached hydrogens (primary N) is 1. The molecular weight excluding hydrogens is 354 g/mol.